The van der Waals surface area contributed by atoms with Crippen molar-refractivity contribution in [2.24, 2.45) is 0 Å². The molecule has 0 unspecified atom stereocenters. The molecule has 1 amide bonds. The van der Waals surface area contributed by atoms with Crippen molar-refractivity contribution in [3.05, 3.63) is 58.9 Å². The number of amides is 1. The highest BCUT2D eigenvalue weighted by molar-refractivity contribution is 8.00. The Morgan fingerprint density at radius 1 is 1.14 bits per heavy atom. The number of anilines is 1. The van der Waals surface area contributed by atoms with Crippen LogP contribution >= 0.6 is 11.8 Å². The van der Waals surface area contributed by atoms with Gasteiger partial charge in [-0.15, -0.1) is 5.10 Å². The average molecular weight is 407 g/mol. The lowest BCUT2D eigenvalue weighted by Crippen LogP contribution is -2.24. The summed E-state index contributed by atoms with van der Waals surface area (Å²) in [5.74, 6) is -5.03. The Labute approximate surface area is 163 Å². The first kappa shape index (κ1) is 19.9. The lowest BCUT2D eigenvalue weighted by molar-refractivity contribution is -0.115. The number of carbonyl (C=O) groups is 1. The van der Waals surface area contributed by atoms with Gasteiger partial charge in [0.05, 0.1) is 16.6 Å². The molecule has 0 saturated carbocycles. The van der Waals surface area contributed by atoms with E-state index in [4.69, 9.17) is 0 Å². The van der Waals surface area contributed by atoms with Gasteiger partial charge in [-0.05, 0) is 60.5 Å². The van der Waals surface area contributed by atoms with Crippen molar-refractivity contribution in [3.8, 4) is 5.69 Å². The van der Waals surface area contributed by atoms with Crippen molar-refractivity contribution in [1.82, 2.24) is 20.2 Å². The van der Waals surface area contributed by atoms with Gasteiger partial charge in [0.15, 0.2) is 17.5 Å². The predicted octanol–water partition coefficient (Wildman–Crippen LogP) is 3.82. The van der Waals surface area contributed by atoms with Gasteiger partial charge in [-0.3, -0.25) is 4.79 Å². The molecule has 0 radical (unpaired) electrons. The molecule has 1 aromatic heterocycles. The van der Waals surface area contributed by atoms with Crippen molar-refractivity contribution >= 4 is 23.4 Å². The fourth-order valence-corrected chi connectivity index (χ4v) is 3.22. The summed E-state index contributed by atoms with van der Waals surface area (Å²) in [6.07, 6.45) is 0. The monoisotopic (exact) mass is 407 g/mol. The number of nitrogens with zero attached hydrogens (tertiary/aromatic N) is 4. The molecule has 3 aromatic rings. The lowest BCUT2D eigenvalue weighted by Gasteiger charge is -2.13. The Bertz CT molecular complexity index is 1040. The highest BCUT2D eigenvalue weighted by Gasteiger charge is 2.22. The Morgan fingerprint density at radius 3 is 2.64 bits per heavy atom. The van der Waals surface area contributed by atoms with Crippen LogP contribution in [0, 0.1) is 31.3 Å². The van der Waals surface area contributed by atoms with Crippen LogP contribution in [-0.4, -0.2) is 31.4 Å². The van der Waals surface area contributed by atoms with Gasteiger partial charge in [0.2, 0.25) is 11.1 Å². The molecule has 0 aliphatic rings. The van der Waals surface area contributed by atoms with Crippen molar-refractivity contribution in [2.45, 2.75) is 31.2 Å². The standard InChI is InChI=1S/C18H16F3N5OS/c1-9-4-5-10(2)14(8-9)26-18(23-24-25-26)28-11(3)17(27)22-13-7-6-12(19)15(20)16(13)21/h4-8,11H,1-3H3,(H,22,27)/t11-/m1/s1. The number of hydrogen-bond acceptors (Lipinski definition) is 5. The quantitative estimate of drug-likeness (QED) is 0.514. The Kier molecular flexibility index (Phi) is 5.68. The SMILES string of the molecule is Cc1ccc(C)c(-n2nnnc2S[C@H](C)C(=O)Nc2ccc(F)c(F)c2F)c1. The molecule has 1 atom stereocenters. The number of aryl methyl sites for hydroxylation is 2. The summed E-state index contributed by atoms with van der Waals surface area (Å²) in [5, 5.41) is 13.4. The second kappa shape index (κ2) is 8.01. The number of aromatic nitrogens is 4. The minimum Gasteiger partial charge on any atom is -0.323 e. The molecule has 10 heteroatoms. The number of hydrogen-bond donors (Lipinski definition) is 1. The average Bonchev–Trinajstić information content (AvgIpc) is 3.12. The zero-order valence-corrected chi connectivity index (χ0v) is 16.0. The maximum atomic E-state index is 13.8. The van der Waals surface area contributed by atoms with E-state index >= 15 is 0 Å². The molecule has 3 rings (SSSR count). The molecule has 0 aliphatic carbocycles. The third-order valence-corrected chi connectivity index (χ3v) is 5.01. The number of carbonyl (C=O) groups excluding carboxylic acids is 1. The molecule has 0 aliphatic heterocycles. The molecule has 0 saturated heterocycles. The van der Waals surface area contributed by atoms with Crippen molar-refractivity contribution in [1.29, 1.82) is 0 Å². The maximum absolute atomic E-state index is 13.8. The normalized spacial score (nSPS) is 12.1. The number of benzene rings is 2. The second-order valence-corrected chi connectivity index (χ2v) is 7.44. The third kappa shape index (κ3) is 4.01. The van der Waals surface area contributed by atoms with Gasteiger partial charge in [0.1, 0.15) is 0 Å². The first-order chi connectivity index (χ1) is 13.3. The van der Waals surface area contributed by atoms with E-state index in [1.54, 1.807) is 6.92 Å². The molecule has 0 bridgehead atoms. The fourth-order valence-electron chi connectivity index (χ4n) is 2.42. The van der Waals surface area contributed by atoms with E-state index in [0.29, 0.717) is 5.16 Å². The van der Waals surface area contributed by atoms with Crippen LogP contribution in [0.2, 0.25) is 0 Å². The molecule has 1 heterocycles. The van der Waals surface area contributed by atoms with Crippen molar-refractivity contribution in [3.63, 3.8) is 0 Å². The number of rotatable bonds is 5. The van der Waals surface area contributed by atoms with Crippen molar-refractivity contribution < 1.29 is 18.0 Å². The van der Waals surface area contributed by atoms with E-state index in [1.165, 1.54) is 4.68 Å². The smallest absolute Gasteiger partial charge is 0.237 e. The fraction of sp³-hybridized carbons (Fsp3) is 0.222. The molecule has 0 fully saturated rings. The Balaban J connectivity index is 1.78. The van der Waals surface area contributed by atoms with E-state index in [9.17, 15) is 18.0 Å². The van der Waals surface area contributed by atoms with Crippen LogP contribution in [-0.2, 0) is 4.79 Å². The molecular formula is C18H16F3N5OS. The zero-order chi connectivity index (χ0) is 20.4. The van der Waals surface area contributed by atoms with E-state index in [2.05, 4.69) is 20.8 Å². The molecule has 1 N–H and O–H groups in total. The van der Waals surface area contributed by atoms with Crippen molar-refractivity contribution in [2.75, 3.05) is 5.32 Å². The highest BCUT2D eigenvalue weighted by Crippen LogP contribution is 2.26. The summed E-state index contributed by atoms with van der Waals surface area (Å²) < 4.78 is 41.6. The van der Waals surface area contributed by atoms with Crippen LogP contribution in [0.4, 0.5) is 18.9 Å². The third-order valence-electron chi connectivity index (χ3n) is 3.98. The van der Waals surface area contributed by atoms with Crippen LogP contribution in [0.1, 0.15) is 18.1 Å². The highest BCUT2D eigenvalue weighted by atomic mass is 32.2. The van der Waals surface area contributed by atoms with Gasteiger partial charge in [0, 0.05) is 0 Å². The van der Waals surface area contributed by atoms with Crippen LogP contribution in [0.15, 0.2) is 35.5 Å². The number of nitrogens with one attached hydrogen (secondary N) is 1. The first-order valence-electron chi connectivity index (χ1n) is 8.25. The van der Waals surface area contributed by atoms with Crippen LogP contribution in [0.25, 0.3) is 5.69 Å². The van der Waals surface area contributed by atoms with E-state index in [1.807, 2.05) is 32.0 Å². The summed E-state index contributed by atoms with van der Waals surface area (Å²) in [6, 6.07) is 7.51. The predicted molar refractivity (Wildman–Crippen MR) is 98.9 cm³/mol. The molecular weight excluding hydrogens is 391 g/mol. The summed E-state index contributed by atoms with van der Waals surface area (Å²) in [4.78, 5) is 12.4. The van der Waals surface area contributed by atoms with Gasteiger partial charge >= 0.3 is 0 Å². The van der Waals surface area contributed by atoms with Gasteiger partial charge in [0.25, 0.3) is 0 Å². The van der Waals surface area contributed by atoms with E-state index in [0.717, 1.165) is 40.7 Å². The van der Waals surface area contributed by atoms with Crippen LogP contribution in [0.3, 0.4) is 0 Å². The van der Waals surface area contributed by atoms with Gasteiger partial charge in [-0.25, -0.2) is 13.2 Å². The first-order valence-corrected chi connectivity index (χ1v) is 9.13. The van der Waals surface area contributed by atoms with Crippen LogP contribution < -0.4 is 5.32 Å². The Hall–Kier alpha value is -2.88. The van der Waals surface area contributed by atoms with E-state index in [-0.39, 0.29) is 0 Å². The second-order valence-electron chi connectivity index (χ2n) is 6.14. The molecule has 6 nitrogen and oxygen atoms in total. The molecule has 28 heavy (non-hydrogen) atoms. The minimum absolute atomic E-state index is 0.363. The summed E-state index contributed by atoms with van der Waals surface area (Å²) in [7, 11) is 0. The Morgan fingerprint density at radius 2 is 1.89 bits per heavy atom. The largest absolute Gasteiger partial charge is 0.323 e. The lowest BCUT2D eigenvalue weighted by atomic mass is 10.1. The van der Waals surface area contributed by atoms with E-state index < -0.39 is 34.3 Å². The minimum atomic E-state index is -1.64. The summed E-state index contributed by atoms with van der Waals surface area (Å²) in [6.45, 7) is 5.42. The summed E-state index contributed by atoms with van der Waals surface area (Å²) >= 11 is 1.05. The number of halogens is 3. The summed E-state index contributed by atoms with van der Waals surface area (Å²) in [5.41, 5.74) is 2.30. The number of thioether (sulfide) groups is 1. The van der Waals surface area contributed by atoms with Crippen LogP contribution in [0.5, 0.6) is 0 Å². The topological polar surface area (TPSA) is 72.7 Å². The van der Waals surface area contributed by atoms with Gasteiger partial charge < -0.3 is 5.32 Å². The molecule has 146 valence electrons. The zero-order valence-electron chi connectivity index (χ0n) is 15.2. The maximum Gasteiger partial charge on any atom is 0.237 e. The molecule has 2 aromatic carbocycles. The number of tetrazole rings is 1. The van der Waals surface area contributed by atoms with Gasteiger partial charge in [-0.1, -0.05) is 23.9 Å². The molecule has 0 spiro atoms. The van der Waals surface area contributed by atoms with Gasteiger partial charge in [-0.2, -0.15) is 4.68 Å².